The van der Waals surface area contributed by atoms with Gasteiger partial charge in [0.1, 0.15) is 5.82 Å². The molecule has 0 aliphatic heterocycles. The molecule has 0 radical (unpaired) electrons. The molecule has 2 rings (SSSR count). The summed E-state index contributed by atoms with van der Waals surface area (Å²) in [5.41, 5.74) is 1.53. The summed E-state index contributed by atoms with van der Waals surface area (Å²) in [5, 5.41) is 2.80. The summed E-state index contributed by atoms with van der Waals surface area (Å²) in [7, 11) is -3.56. The number of hydrogen-bond donors (Lipinski definition) is 1. The summed E-state index contributed by atoms with van der Waals surface area (Å²) in [6.45, 7) is 3.71. The molecular weight excluding hydrogens is 383 g/mol. The molecule has 0 saturated carbocycles. The number of ether oxygens (including phenoxy) is 1. The van der Waals surface area contributed by atoms with Crippen LogP contribution in [0.4, 0.5) is 10.1 Å². The van der Waals surface area contributed by atoms with Gasteiger partial charge < -0.3 is 10.1 Å². The van der Waals surface area contributed by atoms with Gasteiger partial charge in [0.15, 0.2) is 0 Å². The van der Waals surface area contributed by atoms with Crippen molar-refractivity contribution in [2.75, 3.05) is 30.3 Å². The van der Waals surface area contributed by atoms with Gasteiger partial charge in [0.2, 0.25) is 10.0 Å². The summed E-state index contributed by atoms with van der Waals surface area (Å²) in [5.74, 6) is -0.612. The van der Waals surface area contributed by atoms with Crippen LogP contribution in [0, 0.1) is 5.82 Å². The van der Waals surface area contributed by atoms with Gasteiger partial charge in [-0.1, -0.05) is 12.1 Å². The van der Waals surface area contributed by atoms with E-state index in [1.807, 2.05) is 6.92 Å². The van der Waals surface area contributed by atoms with Crippen LogP contribution in [0.3, 0.4) is 0 Å². The Hall–Kier alpha value is -2.45. The maximum Gasteiger partial charge on any atom is 0.251 e. The van der Waals surface area contributed by atoms with Crippen molar-refractivity contribution in [2.45, 2.75) is 19.9 Å². The second-order valence-corrected chi connectivity index (χ2v) is 8.16. The highest BCUT2D eigenvalue weighted by atomic mass is 32.2. The Morgan fingerprint density at radius 3 is 2.32 bits per heavy atom. The molecule has 0 spiro atoms. The van der Waals surface area contributed by atoms with E-state index >= 15 is 0 Å². The van der Waals surface area contributed by atoms with E-state index in [0.717, 1.165) is 12.7 Å². The van der Waals surface area contributed by atoms with Crippen LogP contribution in [0.5, 0.6) is 0 Å². The number of rotatable bonds is 10. The number of sulfonamides is 1. The lowest BCUT2D eigenvalue weighted by Crippen LogP contribution is -2.29. The largest absolute Gasteiger partial charge is 0.382 e. The Bertz CT molecular complexity index is 868. The molecule has 1 N–H and O–H groups in total. The van der Waals surface area contributed by atoms with Gasteiger partial charge in [0.05, 0.1) is 18.5 Å². The number of amides is 1. The number of carbonyl (C=O) groups excluding carboxylic acids is 1. The first kappa shape index (κ1) is 21.8. The van der Waals surface area contributed by atoms with Gasteiger partial charge in [-0.15, -0.1) is 0 Å². The Kier molecular flexibility index (Phi) is 7.95. The Balaban J connectivity index is 2.07. The van der Waals surface area contributed by atoms with Crippen molar-refractivity contribution < 1.29 is 22.3 Å². The SMILES string of the molecule is CCOCCCNC(=O)c1ccc(N(Cc2ccc(F)cc2)S(C)(=O)=O)cc1. The van der Waals surface area contributed by atoms with Crippen LogP contribution in [0.15, 0.2) is 48.5 Å². The molecule has 8 heteroatoms. The molecule has 0 atom stereocenters. The first-order valence-electron chi connectivity index (χ1n) is 8.99. The standard InChI is InChI=1S/C20H25FN2O4S/c1-3-27-14-4-13-22-20(24)17-7-11-19(12-8-17)23(28(2,25)26)15-16-5-9-18(21)10-6-16/h5-12H,3-4,13-15H2,1-2H3,(H,22,24). The average molecular weight is 408 g/mol. The third kappa shape index (κ3) is 6.61. The third-order valence-electron chi connectivity index (χ3n) is 4.01. The number of carbonyl (C=O) groups is 1. The molecule has 0 aliphatic rings. The number of benzene rings is 2. The normalized spacial score (nSPS) is 11.2. The van der Waals surface area contributed by atoms with Gasteiger partial charge in [0.25, 0.3) is 5.91 Å². The zero-order chi connectivity index (χ0) is 20.6. The van der Waals surface area contributed by atoms with E-state index in [9.17, 15) is 17.6 Å². The van der Waals surface area contributed by atoms with Gasteiger partial charge in [-0.2, -0.15) is 0 Å². The minimum Gasteiger partial charge on any atom is -0.382 e. The van der Waals surface area contributed by atoms with E-state index in [2.05, 4.69) is 5.32 Å². The van der Waals surface area contributed by atoms with Crippen LogP contribution >= 0.6 is 0 Å². The number of hydrogen-bond acceptors (Lipinski definition) is 4. The zero-order valence-electron chi connectivity index (χ0n) is 16.0. The molecule has 2 aromatic carbocycles. The maximum absolute atomic E-state index is 13.1. The second-order valence-electron chi connectivity index (χ2n) is 6.25. The fourth-order valence-electron chi connectivity index (χ4n) is 2.56. The fourth-order valence-corrected chi connectivity index (χ4v) is 3.45. The average Bonchev–Trinajstić information content (AvgIpc) is 2.66. The molecule has 1 amide bonds. The van der Waals surface area contributed by atoms with Gasteiger partial charge in [0, 0.05) is 25.3 Å². The van der Waals surface area contributed by atoms with Crippen molar-refractivity contribution in [3.63, 3.8) is 0 Å². The van der Waals surface area contributed by atoms with Gasteiger partial charge in [-0.05, 0) is 55.3 Å². The molecule has 0 fully saturated rings. The molecule has 2 aromatic rings. The summed E-state index contributed by atoms with van der Waals surface area (Å²) >= 11 is 0. The highest BCUT2D eigenvalue weighted by molar-refractivity contribution is 7.92. The van der Waals surface area contributed by atoms with E-state index < -0.39 is 10.0 Å². The first-order valence-corrected chi connectivity index (χ1v) is 10.8. The Morgan fingerprint density at radius 1 is 1.11 bits per heavy atom. The van der Waals surface area contributed by atoms with Crippen molar-refractivity contribution in [1.29, 1.82) is 0 Å². The lowest BCUT2D eigenvalue weighted by molar-refractivity contribution is 0.0944. The van der Waals surface area contributed by atoms with E-state index in [4.69, 9.17) is 4.74 Å². The predicted octanol–water partition coefficient (Wildman–Crippen LogP) is 2.95. The van der Waals surface area contributed by atoms with Crippen LogP contribution < -0.4 is 9.62 Å². The Morgan fingerprint density at radius 2 is 1.75 bits per heavy atom. The van der Waals surface area contributed by atoms with E-state index in [1.54, 1.807) is 24.3 Å². The molecule has 0 aliphatic carbocycles. The molecule has 0 aromatic heterocycles. The minimum atomic E-state index is -3.56. The molecule has 152 valence electrons. The van der Waals surface area contributed by atoms with Crippen LogP contribution in [-0.2, 0) is 21.3 Å². The highest BCUT2D eigenvalue weighted by Gasteiger charge is 2.18. The fraction of sp³-hybridized carbons (Fsp3) is 0.350. The quantitative estimate of drug-likeness (QED) is 0.614. The Labute approximate surface area is 165 Å². The lowest BCUT2D eigenvalue weighted by atomic mass is 10.1. The van der Waals surface area contributed by atoms with Crippen LogP contribution in [0.2, 0.25) is 0 Å². The number of nitrogens with zero attached hydrogens (tertiary/aromatic N) is 1. The third-order valence-corrected chi connectivity index (χ3v) is 5.15. The number of nitrogens with one attached hydrogen (secondary N) is 1. The summed E-state index contributed by atoms with van der Waals surface area (Å²) in [6.07, 6.45) is 1.83. The van der Waals surface area contributed by atoms with Gasteiger partial charge in [-0.25, -0.2) is 12.8 Å². The summed E-state index contributed by atoms with van der Waals surface area (Å²) in [4.78, 5) is 12.2. The molecule has 0 saturated heterocycles. The van der Waals surface area contributed by atoms with E-state index in [1.165, 1.54) is 28.6 Å². The summed E-state index contributed by atoms with van der Waals surface area (Å²) < 4.78 is 43.9. The van der Waals surface area contributed by atoms with Crippen molar-refractivity contribution >= 4 is 21.6 Å². The first-order chi connectivity index (χ1) is 13.3. The molecular formula is C20H25FN2O4S. The van der Waals surface area contributed by atoms with Crippen LogP contribution in [-0.4, -0.2) is 40.3 Å². The molecule has 0 heterocycles. The minimum absolute atomic E-state index is 0.0715. The van der Waals surface area contributed by atoms with Crippen molar-refractivity contribution in [2.24, 2.45) is 0 Å². The maximum atomic E-state index is 13.1. The zero-order valence-corrected chi connectivity index (χ0v) is 16.8. The van der Waals surface area contributed by atoms with E-state index in [-0.39, 0.29) is 18.3 Å². The topological polar surface area (TPSA) is 75.7 Å². The van der Waals surface area contributed by atoms with Gasteiger partial charge >= 0.3 is 0 Å². The molecule has 0 bridgehead atoms. The summed E-state index contributed by atoms with van der Waals surface area (Å²) in [6, 6.07) is 12.0. The molecule has 28 heavy (non-hydrogen) atoms. The van der Waals surface area contributed by atoms with Crippen LogP contribution in [0.25, 0.3) is 0 Å². The molecule has 0 unspecified atom stereocenters. The second kappa shape index (κ2) is 10.2. The van der Waals surface area contributed by atoms with Crippen molar-refractivity contribution in [1.82, 2.24) is 5.32 Å². The van der Waals surface area contributed by atoms with Gasteiger partial charge in [-0.3, -0.25) is 9.10 Å². The van der Waals surface area contributed by atoms with Crippen molar-refractivity contribution in [3.8, 4) is 0 Å². The number of anilines is 1. The van der Waals surface area contributed by atoms with Crippen molar-refractivity contribution in [3.05, 3.63) is 65.5 Å². The molecule has 6 nitrogen and oxygen atoms in total. The monoisotopic (exact) mass is 408 g/mol. The van der Waals surface area contributed by atoms with E-state index in [0.29, 0.717) is 36.6 Å². The smallest absolute Gasteiger partial charge is 0.251 e. The highest BCUT2D eigenvalue weighted by Crippen LogP contribution is 2.21. The number of halogens is 1. The lowest BCUT2D eigenvalue weighted by Gasteiger charge is -2.22. The predicted molar refractivity (Wildman–Crippen MR) is 107 cm³/mol. The van der Waals surface area contributed by atoms with Crippen LogP contribution in [0.1, 0.15) is 29.3 Å².